The second-order valence-corrected chi connectivity index (χ2v) is 33.2. The number of pyridine rings is 1. The highest BCUT2D eigenvalue weighted by molar-refractivity contribution is 7.88. The predicted molar refractivity (Wildman–Crippen MR) is 369 cm³/mol. The van der Waals surface area contributed by atoms with Crippen LogP contribution in [0.3, 0.4) is 0 Å². The number of anilines is 9. The van der Waals surface area contributed by atoms with Gasteiger partial charge in [0.05, 0.1) is 60.2 Å². The lowest BCUT2D eigenvalue weighted by Crippen LogP contribution is -2.14. The van der Waals surface area contributed by atoms with Gasteiger partial charge >= 0.3 is 0 Å². The molecule has 0 radical (unpaired) electrons. The monoisotopic (exact) mass is 1570 g/mol. The van der Waals surface area contributed by atoms with E-state index in [0.717, 1.165) is 58.8 Å². The van der Waals surface area contributed by atoms with Crippen molar-refractivity contribution in [2.75, 3.05) is 67.3 Å². The molecular formula is C56H52N16O23S8. The second kappa shape index (κ2) is 30.8. The van der Waals surface area contributed by atoms with Gasteiger partial charge in [-0.15, -0.1) is 20.5 Å². The van der Waals surface area contributed by atoms with Gasteiger partial charge in [0, 0.05) is 63.3 Å². The minimum Gasteiger partial charge on any atom is -0.354 e. The second-order valence-electron chi connectivity index (χ2n) is 21.0. The molecule has 0 aliphatic carbocycles. The van der Waals surface area contributed by atoms with Crippen LogP contribution in [0.5, 0.6) is 0 Å². The highest BCUT2D eigenvalue weighted by atomic mass is 32.2. The summed E-state index contributed by atoms with van der Waals surface area (Å²) in [6.07, 6.45) is -0.170. The van der Waals surface area contributed by atoms with Crippen molar-refractivity contribution in [3.63, 3.8) is 0 Å². The van der Waals surface area contributed by atoms with Crippen molar-refractivity contribution in [2.45, 2.75) is 44.4 Å². The number of nitriles is 1. The van der Waals surface area contributed by atoms with E-state index in [4.69, 9.17) is 13.4 Å². The third-order valence-corrected chi connectivity index (χ3v) is 22.2. The molecule has 3 aromatic heterocycles. The number of azo groups is 2. The number of non-ortho nitro benzene ring substituents is 1. The van der Waals surface area contributed by atoms with Crippen molar-refractivity contribution in [2.24, 2.45) is 20.5 Å². The SMILES string of the molecule is COS(=O)(=O)c1ccc(Nc2nc(Nc3ccc(S(=O)(=O)OC)cc3)c(N=Nc3nc(-c4ccc(Nc5nc(NCCCS(=O)(=O)O)nc(Nc6cc(CS(=O)(=O)O)ccc6CS(=O)(=O)O)n5)cc4)c(N=Nc4cc(S(=O)(=O)OC)c5cc([N+](=O)[O-])cc(S(=O)(=O)OC)c5c4)s3)c(C)c2C#N)cc1. The zero-order valence-electron chi connectivity index (χ0n) is 53.2. The molecule has 0 amide bonds. The van der Waals surface area contributed by atoms with E-state index in [9.17, 15) is 88.0 Å². The number of fused-ring (bicyclic) bond motifs is 1. The van der Waals surface area contributed by atoms with Crippen LogP contribution in [-0.2, 0) is 99.1 Å². The van der Waals surface area contributed by atoms with Gasteiger partial charge in [0.25, 0.3) is 76.5 Å². The Balaban J connectivity index is 1.17. The smallest absolute Gasteiger partial charge is 0.297 e. The number of hydrogen-bond donors (Lipinski definition) is 8. The molecule has 0 aliphatic heterocycles. The number of rotatable bonds is 31. The molecule has 9 rings (SSSR count). The summed E-state index contributed by atoms with van der Waals surface area (Å²) in [6, 6.07) is 25.1. The van der Waals surface area contributed by atoms with E-state index >= 15 is 0 Å². The molecule has 9 aromatic rings. The third kappa shape index (κ3) is 19.5. The van der Waals surface area contributed by atoms with E-state index in [1.54, 1.807) is 0 Å². The summed E-state index contributed by atoms with van der Waals surface area (Å²) < 4.78 is 222. The number of nitro benzene ring substituents is 1. The summed E-state index contributed by atoms with van der Waals surface area (Å²) >= 11 is 0.698. The number of thiazole rings is 1. The Morgan fingerprint density at radius 2 is 1.08 bits per heavy atom. The van der Waals surface area contributed by atoms with Crippen LogP contribution in [0, 0.1) is 28.4 Å². The fourth-order valence-corrected chi connectivity index (χ4v) is 14.8. The van der Waals surface area contributed by atoms with Gasteiger partial charge in [0.2, 0.25) is 23.0 Å². The molecule has 0 fully saturated rings. The van der Waals surface area contributed by atoms with Crippen molar-refractivity contribution < 1.29 is 94.2 Å². The predicted octanol–water partition coefficient (Wildman–Crippen LogP) is 9.24. The zero-order valence-corrected chi connectivity index (χ0v) is 59.7. The van der Waals surface area contributed by atoms with Gasteiger partial charge in [0.15, 0.2) is 16.6 Å². The third-order valence-electron chi connectivity index (χ3n) is 14.0. The van der Waals surface area contributed by atoms with Crippen molar-refractivity contribution in [3.05, 3.63) is 148 Å². The van der Waals surface area contributed by atoms with Gasteiger partial charge in [-0.3, -0.25) is 40.5 Å². The number of aromatic nitrogens is 5. The Bertz CT molecular complexity index is 5800. The fourth-order valence-electron chi connectivity index (χ4n) is 9.27. The normalized spacial score (nSPS) is 12.6. The van der Waals surface area contributed by atoms with E-state index in [2.05, 4.69) is 81.4 Å². The molecule has 39 nitrogen and oxygen atoms in total. The molecule has 542 valence electrons. The van der Waals surface area contributed by atoms with E-state index < -0.39 is 119 Å². The van der Waals surface area contributed by atoms with Crippen LogP contribution >= 0.6 is 11.3 Å². The van der Waals surface area contributed by atoms with Crippen molar-refractivity contribution >= 4 is 172 Å². The Kier molecular flexibility index (Phi) is 23.0. The van der Waals surface area contributed by atoms with Crippen LogP contribution in [0.15, 0.2) is 155 Å². The van der Waals surface area contributed by atoms with Gasteiger partial charge in [-0.1, -0.05) is 35.6 Å². The molecule has 3 heterocycles. The Morgan fingerprint density at radius 1 is 0.553 bits per heavy atom. The fraction of sp³-hybridized carbons (Fsp3) is 0.179. The van der Waals surface area contributed by atoms with Gasteiger partial charge in [-0.25, -0.2) is 9.97 Å². The summed E-state index contributed by atoms with van der Waals surface area (Å²) in [5.41, 5.74) is -0.844. The van der Waals surface area contributed by atoms with E-state index in [1.165, 1.54) is 85.8 Å². The first-order chi connectivity index (χ1) is 48.3. The van der Waals surface area contributed by atoms with Crippen LogP contribution in [0.4, 0.5) is 79.4 Å². The summed E-state index contributed by atoms with van der Waals surface area (Å²) in [7, 11) is -28.2. The molecule has 0 saturated carbocycles. The molecule has 0 aliphatic rings. The average molecular weight is 1570 g/mol. The van der Waals surface area contributed by atoms with Crippen LogP contribution in [0.2, 0.25) is 0 Å². The Hall–Kier alpha value is -10.2. The van der Waals surface area contributed by atoms with Crippen molar-refractivity contribution in [1.29, 1.82) is 5.26 Å². The number of nitrogens with one attached hydrogen (secondary N) is 5. The summed E-state index contributed by atoms with van der Waals surface area (Å²) in [4.78, 5) is 31.4. The van der Waals surface area contributed by atoms with E-state index in [-0.39, 0.29) is 130 Å². The lowest BCUT2D eigenvalue weighted by atomic mass is 10.1. The minimum atomic E-state index is -4.85. The molecular weight excluding hydrogens is 1520 g/mol. The van der Waals surface area contributed by atoms with E-state index in [1.807, 2.05) is 0 Å². The van der Waals surface area contributed by atoms with Crippen LogP contribution in [0.25, 0.3) is 22.0 Å². The van der Waals surface area contributed by atoms with Gasteiger partial charge in [0.1, 0.15) is 38.7 Å². The van der Waals surface area contributed by atoms with Crippen LogP contribution < -0.4 is 26.6 Å². The first-order valence-corrected chi connectivity index (χ1v) is 39.7. The maximum absolute atomic E-state index is 13.6. The summed E-state index contributed by atoms with van der Waals surface area (Å²) in [5, 5.41) is 53.5. The first kappa shape index (κ1) is 77.0. The topological polar surface area (TPSA) is 578 Å². The van der Waals surface area contributed by atoms with Gasteiger partial charge in [-0.2, -0.15) is 79.1 Å². The number of benzene rings is 6. The quantitative estimate of drug-likeness (QED) is 0.00501. The maximum Gasteiger partial charge on any atom is 0.297 e. The molecule has 0 saturated heterocycles. The number of nitro groups is 1. The van der Waals surface area contributed by atoms with Crippen molar-refractivity contribution in [3.8, 4) is 17.3 Å². The Labute approximate surface area is 590 Å². The minimum absolute atomic E-state index is 0.0427. The number of nitrogens with zero attached hydrogens (tertiary/aromatic N) is 11. The molecule has 8 N–H and O–H groups in total. The largest absolute Gasteiger partial charge is 0.354 e. The highest BCUT2D eigenvalue weighted by Gasteiger charge is 2.29. The van der Waals surface area contributed by atoms with Gasteiger partial charge in [-0.05, 0) is 103 Å². The highest BCUT2D eigenvalue weighted by Crippen LogP contribution is 2.45. The van der Waals surface area contributed by atoms with Crippen LogP contribution in [-0.4, -0.2) is 143 Å². The van der Waals surface area contributed by atoms with Crippen molar-refractivity contribution in [1.82, 2.24) is 24.9 Å². The molecule has 0 unspecified atom stereocenters. The summed E-state index contributed by atoms with van der Waals surface area (Å²) in [5.74, 6) is -3.70. The zero-order chi connectivity index (χ0) is 75.2. The molecule has 0 spiro atoms. The molecule has 47 heteroatoms. The molecule has 0 atom stereocenters. The Morgan fingerprint density at radius 3 is 1.62 bits per heavy atom. The van der Waals surface area contributed by atoms with E-state index in [0.29, 0.717) is 17.4 Å². The molecule has 103 heavy (non-hydrogen) atoms. The lowest BCUT2D eigenvalue weighted by Gasteiger charge is -2.16. The maximum atomic E-state index is 13.6. The molecule has 0 bridgehead atoms. The van der Waals surface area contributed by atoms with Gasteiger partial charge < -0.3 is 26.6 Å². The standard InChI is InChI=1S/C56H52N16O23S8/c1-31-44(28-57)50(59-35-13-17-40(18-14-35)100(84,85)92-2)64-51(60-36-15-19-41(20-16-36)101(86,87)93-3)48(31)69-71-56-63-49(52(96-56)70-68-38-24-42-43(46(25-38)102(88,89)94-4)26-39(72(73)74)27-47(42)103(90,91)95-5)33-9-11-37(12-10-33)61-54-65-53(58-21-6-22-97(75,76)77)66-55(67-54)62-45-23-32(29-98(78,79)80)7-8-34(45)30-99(81,82)83/h7-20,23-27H,6,21-22,29-30H2,1-5H3,(H2,59,60,64)(H,75,76,77)(H,78,79,80)(H,81,82,83)(H3,58,61,62,65,66,67). The lowest BCUT2D eigenvalue weighted by molar-refractivity contribution is -0.384. The average Bonchev–Trinajstić information content (AvgIpc) is 1.26. The summed E-state index contributed by atoms with van der Waals surface area (Å²) in [6.45, 7) is 1.32. The molecule has 6 aromatic carbocycles. The number of hydrogen-bond acceptors (Lipinski definition) is 36. The van der Waals surface area contributed by atoms with Crippen LogP contribution in [0.1, 0.15) is 28.7 Å². The first-order valence-electron chi connectivity index (χ1n) is 28.4.